The summed E-state index contributed by atoms with van der Waals surface area (Å²) in [6.45, 7) is 0. The van der Waals surface area contributed by atoms with Crippen molar-refractivity contribution < 1.29 is 26.7 Å². The maximum Gasteiger partial charge on any atom is 0.573 e. The lowest BCUT2D eigenvalue weighted by Gasteiger charge is -2.15. The molecule has 0 radical (unpaired) electrons. The topological polar surface area (TPSA) is 9.23 Å². The van der Waals surface area contributed by atoms with Gasteiger partial charge in [0.2, 0.25) is 0 Å². The van der Waals surface area contributed by atoms with Crippen LogP contribution >= 0.6 is 11.6 Å². The molecule has 7 heteroatoms. The predicted molar refractivity (Wildman–Crippen MR) is 68.5 cm³/mol. The van der Waals surface area contributed by atoms with E-state index in [0.29, 0.717) is 0 Å². The molecule has 0 saturated heterocycles. The van der Waals surface area contributed by atoms with Crippen molar-refractivity contribution in [1.29, 1.82) is 0 Å². The Kier molecular flexibility index (Phi) is 4.37. The summed E-state index contributed by atoms with van der Waals surface area (Å²) >= 11 is 5.65. The molecule has 0 bridgehead atoms. The molecule has 2 aromatic rings. The zero-order valence-electron chi connectivity index (χ0n) is 10.3. The summed E-state index contributed by atoms with van der Waals surface area (Å²) in [5, 5.41) is 0.0725. The van der Waals surface area contributed by atoms with Crippen LogP contribution in [0.2, 0.25) is 5.02 Å². The first-order valence-corrected chi connectivity index (χ1v) is 6.08. The minimum atomic E-state index is -4.91. The Morgan fingerprint density at radius 1 is 0.952 bits per heavy atom. The zero-order valence-corrected chi connectivity index (χ0v) is 11.1. The van der Waals surface area contributed by atoms with Crippen molar-refractivity contribution in [3.8, 4) is 16.9 Å². The Hall–Kier alpha value is -1.82. The molecule has 21 heavy (non-hydrogen) atoms. The van der Waals surface area contributed by atoms with Crippen molar-refractivity contribution in [2.45, 2.75) is 12.8 Å². The van der Waals surface area contributed by atoms with Gasteiger partial charge >= 0.3 is 6.36 Å². The molecule has 0 aromatic heterocycles. The Balaban J connectivity index is 2.57. The highest BCUT2D eigenvalue weighted by Gasteiger charge is 2.32. The number of hydrogen-bond donors (Lipinski definition) is 0. The molecule has 0 saturated carbocycles. The van der Waals surface area contributed by atoms with E-state index in [1.54, 1.807) is 0 Å². The van der Waals surface area contributed by atoms with Gasteiger partial charge in [0.1, 0.15) is 5.75 Å². The van der Waals surface area contributed by atoms with Gasteiger partial charge in [-0.1, -0.05) is 35.9 Å². The van der Waals surface area contributed by atoms with Gasteiger partial charge in [-0.2, -0.15) is 0 Å². The van der Waals surface area contributed by atoms with Crippen LogP contribution in [0.4, 0.5) is 22.0 Å². The molecule has 2 aromatic carbocycles. The normalized spacial score (nSPS) is 11.8. The first kappa shape index (κ1) is 15.6. The van der Waals surface area contributed by atoms with Crippen molar-refractivity contribution in [2.24, 2.45) is 0 Å². The van der Waals surface area contributed by atoms with Crippen LogP contribution in [0.15, 0.2) is 42.5 Å². The molecular formula is C14H8ClF5O. The van der Waals surface area contributed by atoms with Gasteiger partial charge in [-0.3, -0.25) is 0 Å². The Morgan fingerprint density at radius 2 is 1.62 bits per heavy atom. The summed E-state index contributed by atoms with van der Waals surface area (Å²) < 4.78 is 67.1. The second kappa shape index (κ2) is 5.89. The quantitative estimate of drug-likeness (QED) is 0.645. The maximum absolute atomic E-state index is 13.0. The third-order valence-corrected chi connectivity index (χ3v) is 2.89. The number of alkyl halides is 5. The van der Waals surface area contributed by atoms with Gasteiger partial charge in [0, 0.05) is 16.1 Å². The fraction of sp³-hybridized carbons (Fsp3) is 0.143. The number of rotatable bonds is 3. The summed E-state index contributed by atoms with van der Waals surface area (Å²) in [4.78, 5) is 0. The molecule has 1 nitrogen and oxygen atoms in total. The van der Waals surface area contributed by atoms with Crippen molar-refractivity contribution in [1.82, 2.24) is 0 Å². The number of benzene rings is 2. The van der Waals surface area contributed by atoms with E-state index in [1.807, 2.05) is 0 Å². The summed E-state index contributed by atoms with van der Waals surface area (Å²) in [7, 11) is 0. The molecule has 0 spiro atoms. The minimum absolute atomic E-state index is 0.0609. The van der Waals surface area contributed by atoms with E-state index in [1.165, 1.54) is 30.3 Å². The molecule has 0 N–H and O–H groups in total. The molecule has 0 atom stereocenters. The van der Waals surface area contributed by atoms with E-state index >= 15 is 0 Å². The van der Waals surface area contributed by atoms with Crippen LogP contribution < -0.4 is 4.74 Å². The molecule has 0 amide bonds. The lowest BCUT2D eigenvalue weighted by atomic mass is 9.99. The van der Waals surface area contributed by atoms with E-state index in [2.05, 4.69) is 4.74 Å². The molecule has 2 rings (SSSR count). The number of halogens is 6. The summed E-state index contributed by atoms with van der Waals surface area (Å²) in [6.07, 6.45) is -7.79. The second-order valence-corrected chi connectivity index (χ2v) is 4.51. The molecule has 0 aliphatic heterocycles. The molecular weight excluding hydrogens is 315 g/mol. The molecule has 0 aliphatic carbocycles. The number of ether oxygens (including phenoxy) is 1. The van der Waals surface area contributed by atoms with Crippen LogP contribution in [0, 0.1) is 0 Å². The highest BCUT2D eigenvalue weighted by Crippen LogP contribution is 2.39. The highest BCUT2D eigenvalue weighted by molar-refractivity contribution is 6.30. The fourth-order valence-electron chi connectivity index (χ4n) is 1.86. The van der Waals surface area contributed by atoms with E-state index in [9.17, 15) is 22.0 Å². The smallest absolute Gasteiger partial charge is 0.405 e. The van der Waals surface area contributed by atoms with Gasteiger partial charge in [-0.15, -0.1) is 13.2 Å². The van der Waals surface area contributed by atoms with Gasteiger partial charge in [0.05, 0.1) is 0 Å². The predicted octanol–water partition coefficient (Wildman–Crippen LogP) is 5.84. The van der Waals surface area contributed by atoms with E-state index < -0.39 is 24.1 Å². The van der Waals surface area contributed by atoms with Crippen molar-refractivity contribution in [2.75, 3.05) is 0 Å². The van der Waals surface area contributed by atoms with Gasteiger partial charge in [-0.25, -0.2) is 8.78 Å². The molecule has 112 valence electrons. The lowest BCUT2D eigenvalue weighted by molar-refractivity contribution is -0.274. The molecule has 0 unspecified atom stereocenters. The SMILES string of the molecule is FC(F)c1cc(Cl)ccc1-c1ccccc1OC(F)(F)F. The largest absolute Gasteiger partial charge is 0.573 e. The highest BCUT2D eigenvalue weighted by atomic mass is 35.5. The van der Waals surface area contributed by atoms with E-state index in [0.717, 1.165) is 12.1 Å². The third kappa shape index (κ3) is 3.85. The Morgan fingerprint density at radius 3 is 2.24 bits per heavy atom. The average Bonchev–Trinajstić information content (AvgIpc) is 2.37. The minimum Gasteiger partial charge on any atom is -0.405 e. The average molecular weight is 323 g/mol. The third-order valence-electron chi connectivity index (χ3n) is 2.65. The van der Waals surface area contributed by atoms with Crippen LogP contribution in [0.25, 0.3) is 11.1 Å². The van der Waals surface area contributed by atoms with Gasteiger partial charge in [-0.05, 0) is 23.8 Å². The van der Waals surface area contributed by atoms with E-state index in [4.69, 9.17) is 11.6 Å². The second-order valence-electron chi connectivity index (χ2n) is 4.08. The molecule has 0 fully saturated rings. The van der Waals surface area contributed by atoms with Crippen LogP contribution in [-0.2, 0) is 0 Å². The van der Waals surface area contributed by atoms with Crippen LogP contribution in [0.5, 0.6) is 5.75 Å². The lowest BCUT2D eigenvalue weighted by Crippen LogP contribution is -2.17. The van der Waals surface area contributed by atoms with Crippen LogP contribution in [-0.4, -0.2) is 6.36 Å². The number of para-hydroxylation sites is 1. The summed E-state index contributed by atoms with van der Waals surface area (Å²) in [5.74, 6) is -0.547. The standard InChI is InChI=1S/C14H8ClF5O/c15-8-5-6-9(11(7-8)13(16)17)10-3-1-2-4-12(10)21-14(18,19)20/h1-7,13H. The number of hydrogen-bond acceptors (Lipinski definition) is 1. The first-order valence-electron chi connectivity index (χ1n) is 5.70. The summed E-state index contributed by atoms with van der Waals surface area (Å²) in [5.41, 5.74) is -0.600. The molecule has 0 aliphatic rings. The zero-order chi connectivity index (χ0) is 15.6. The first-order chi connectivity index (χ1) is 9.78. The molecule has 0 heterocycles. The van der Waals surface area contributed by atoms with Crippen LogP contribution in [0.1, 0.15) is 12.0 Å². The van der Waals surface area contributed by atoms with E-state index in [-0.39, 0.29) is 16.1 Å². The van der Waals surface area contributed by atoms with Gasteiger partial charge < -0.3 is 4.74 Å². The van der Waals surface area contributed by atoms with Gasteiger partial charge in [0.25, 0.3) is 6.43 Å². The van der Waals surface area contributed by atoms with Crippen molar-refractivity contribution in [3.63, 3.8) is 0 Å². The van der Waals surface area contributed by atoms with Gasteiger partial charge in [0.15, 0.2) is 0 Å². The fourth-order valence-corrected chi connectivity index (χ4v) is 2.04. The summed E-state index contributed by atoms with van der Waals surface area (Å²) in [6, 6.07) is 8.68. The van der Waals surface area contributed by atoms with Crippen LogP contribution in [0.3, 0.4) is 0 Å². The Bertz CT molecular complexity index is 640. The van der Waals surface area contributed by atoms with Crippen molar-refractivity contribution in [3.05, 3.63) is 53.1 Å². The van der Waals surface area contributed by atoms with Crippen molar-refractivity contribution >= 4 is 11.6 Å². The monoisotopic (exact) mass is 322 g/mol. The Labute approximate surface area is 121 Å². The maximum atomic E-state index is 13.0.